The Morgan fingerprint density at radius 1 is 1.06 bits per heavy atom. The van der Waals surface area contributed by atoms with Gasteiger partial charge in [-0.1, -0.05) is 0 Å². The number of anilines is 4. The number of morpholine rings is 1. The summed E-state index contributed by atoms with van der Waals surface area (Å²) in [5, 5.41) is 15.1. The Hall–Kier alpha value is -3.69. The first-order chi connectivity index (χ1) is 16.1. The summed E-state index contributed by atoms with van der Waals surface area (Å²) in [5.74, 6) is 1.49. The molecule has 0 radical (unpaired) electrons. The van der Waals surface area contributed by atoms with Gasteiger partial charge in [-0.25, -0.2) is 9.97 Å². The molecule has 33 heavy (non-hydrogen) atoms. The summed E-state index contributed by atoms with van der Waals surface area (Å²) in [6.07, 6.45) is 1.39. The van der Waals surface area contributed by atoms with E-state index in [2.05, 4.69) is 25.5 Å². The fourth-order valence-electron chi connectivity index (χ4n) is 3.58. The molecule has 1 saturated heterocycles. The summed E-state index contributed by atoms with van der Waals surface area (Å²) in [6.45, 7) is 4.91. The monoisotopic (exact) mass is 447 g/mol. The number of ether oxygens (including phenoxy) is 2. The molecule has 172 valence electrons. The molecule has 0 spiro atoms. The molecular formula is C24H29N7O2. The molecule has 9 heteroatoms. The number of hydrogen-bond acceptors (Lipinski definition) is 9. The van der Waals surface area contributed by atoms with E-state index in [1.807, 2.05) is 55.6 Å². The molecule has 9 nitrogen and oxygen atoms in total. The number of nitrogens with one attached hydrogen (secondary N) is 3. The van der Waals surface area contributed by atoms with E-state index < -0.39 is 0 Å². The molecule has 5 N–H and O–H groups in total. The highest BCUT2D eigenvalue weighted by atomic mass is 16.5. The van der Waals surface area contributed by atoms with Crippen molar-refractivity contribution in [2.45, 2.75) is 0 Å². The van der Waals surface area contributed by atoms with Gasteiger partial charge in [0.1, 0.15) is 30.3 Å². The van der Waals surface area contributed by atoms with Gasteiger partial charge in [-0.05, 0) is 48.5 Å². The lowest BCUT2D eigenvalue weighted by molar-refractivity contribution is 0.0322. The molecular weight excluding hydrogens is 418 g/mol. The van der Waals surface area contributed by atoms with Crippen molar-refractivity contribution in [3.05, 3.63) is 66.0 Å². The van der Waals surface area contributed by atoms with Crippen LogP contribution in [-0.2, 0) is 4.74 Å². The van der Waals surface area contributed by atoms with E-state index >= 15 is 0 Å². The third-order valence-corrected chi connectivity index (χ3v) is 5.49. The number of nitrogen functional groups attached to an aromatic ring is 1. The zero-order valence-electron chi connectivity index (χ0n) is 18.7. The fraction of sp³-hybridized carbons (Fsp3) is 0.292. The third kappa shape index (κ3) is 5.76. The zero-order valence-corrected chi connectivity index (χ0v) is 18.7. The smallest absolute Gasteiger partial charge is 0.145 e. The van der Waals surface area contributed by atoms with Crippen LogP contribution in [0.2, 0.25) is 0 Å². The molecule has 1 aliphatic rings. The molecule has 2 aromatic carbocycles. The second-order valence-electron chi connectivity index (χ2n) is 7.64. The summed E-state index contributed by atoms with van der Waals surface area (Å²) in [7, 11) is 1.87. The highest BCUT2D eigenvalue weighted by Crippen LogP contribution is 2.26. The second-order valence-corrected chi connectivity index (χ2v) is 7.64. The van der Waals surface area contributed by atoms with Gasteiger partial charge in [0.05, 0.1) is 24.5 Å². The molecule has 0 amide bonds. The standard InChI is InChI=1S/C24H29N7O2/c1-27-18-4-6-19(7-5-18)30-24-21(23(26)28-16-29-24)22(25)17-2-8-20(9-3-17)33-15-12-31-10-13-32-14-11-31/h2-9,16,25,27H,10-15H2,1H3,(H3,26,28,29,30). The molecule has 1 aromatic heterocycles. The lowest BCUT2D eigenvalue weighted by Crippen LogP contribution is -2.38. The van der Waals surface area contributed by atoms with Crippen molar-refractivity contribution in [1.82, 2.24) is 14.9 Å². The molecule has 1 fully saturated rings. The zero-order chi connectivity index (χ0) is 23.0. The largest absolute Gasteiger partial charge is 0.492 e. The molecule has 1 aliphatic heterocycles. The van der Waals surface area contributed by atoms with Gasteiger partial charge < -0.3 is 25.8 Å². The minimum Gasteiger partial charge on any atom is -0.492 e. The van der Waals surface area contributed by atoms with Gasteiger partial charge in [0.15, 0.2) is 0 Å². The number of benzene rings is 2. The van der Waals surface area contributed by atoms with Crippen LogP contribution in [0.1, 0.15) is 11.1 Å². The van der Waals surface area contributed by atoms with Crippen LogP contribution < -0.4 is 21.1 Å². The predicted octanol–water partition coefficient (Wildman–Crippen LogP) is 2.97. The molecule has 0 atom stereocenters. The quantitative estimate of drug-likeness (QED) is 0.370. The van der Waals surface area contributed by atoms with Gasteiger partial charge >= 0.3 is 0 Å². The maximum atomic E-state index is 8.76. The van der Waals surface area contributed by atoms with E-state index in [1.54, 1.807) is 0 Å². The maximum Gasteiger partial charge on any atom is 0.145 e. The summed E-state index contributed by atoms with van der Waals surface area (Å²) in [4.78, 5) is 10.8. The lowest BCUT2D eigenvalue weighted by atomic mass is 10.0. The Labute approximate surface area is 193 Å². The van der Waals surface area contributed by atoms with Gasteiger partial charge in [0.2, 0.25) is 0 Å². The van der Waals surface area contributed by atoms with E-state index in [0.717, 1.165) is 50.0 Å². The molecule has 2 heterocycles. The number of hydrogen-bond donors (Lipinski definition) is 4. The molecule has 0 saturated carbocycles. The van der Waals surface area contributed by atoms with Gasteiger partial charge in [0.25, 0.3) is 0 Å². The summed E-state index contributed by atoms with van der Waals surface area (Å²) in [5.41, 5.74) is 9.38. The van der Waals surface area contributed by atoms with E-state index in [4.69, 9.17) is 20.6 Å². The van der Waals surface area contributed by atoms with E-state index in [-0.39, 0.29) is 11.5 Å². The van der Waals surface area contributed by atoms with Crippen molar-refractivity contribution in [3.8, 4) is 5.75 Å². The van der Waals surface area contributed by atoms with Crippen LogP contribution in [0.4, 0.5) is 23.0 Å². The van der Waals surface area contributed by atoms with Gasteiger partial charge in [0, 0.05) is 43.6 Å². The average Bonchev–Trinajstić information content (AvgIpc) is 2.85. The topological polar surface area (TPSA) is 121 Å². The number of nitrogens with zero attached hydrogens (tertiary/aromatic N) is 3. The Bertz CT molecular complexity index is 1070. The second kappa shape index (κ2) is 10.8. The maximum absolute atomic E-state index is 8.76. The first-order valence-corrected chi connectivity index (χ1v) is 10.9. The highest BCUT2D eigenvalue weighted by molar-refractivity contribution is 6.16. The first kappa shape index (κ1) is 22.5. The van der Waals surface area contributed by atoms with Gasteiger partial charge in [-0.3, -0.25) is 10.3 Å². The van der Waals surface area contributed by atoms with Crippen LogP contribution in [0.15, 0.2) is 54.9 Å². The molecule has 3 aromatic rings. The van der Waals surface area contributed by atoms with E-state index in [0.29, 0.717) is 23.6 Å². The van der Waals surface area contributed by atoms with Crippen molar-refractivity contribution >= 4 is 28.7 Å². The van der Waals surface area contributed by atoms with Crippen molar-refractivity contribution in [3.63, 3.8) is 0 Å². The Balaban J connectivity index is 1.43. The SMILES string of the molecule is CNc1ccc(Nc2ncnc(N)c2C(=N)c2ccc(OCCN3CCOCC3)cc2)cc1. The lowest BCUT2D eigenvalue weighted by Gasteiger charge is -2.26. The predicted molar refractivity (Wildman–Crippen MR) is 131 cm³/mol. The number of aromatic nitrogens is 2. The average molecular weight is 448 g/mol. The van der Waals surface area contributed by atoms with Crippen LogP contribution in [0.5, 0.6) is 5.75 Å². The summed E-state index contributed by atoms with van der Waals surface area (Å²) < 4.78 is 11.2. The van der Waals surface area contributed by atoms with Crippen molar-refractivity contribution in [2.24, 2.45) is 0 Å². The highest BCUT2D eigenvalue weighted by Gasteiger charge is 2.17. The fourth-order valence-corrected chi connectivity index (χ4v) is 3.58. The summed E-state index contributed by atoms with van der Waals surface area (Å²) >= 11 is 0. The first-order valence-electron chi connectivity index (χ1n) is 10.9. The molecule has 0 aliphatic carbocycles. The summed E-state index contributed by atoms with van der Waals surface area (Å²) in [6, 6.07) is 15.2. The minimum atomic E-state index is 0.238. The molecule has 4 rings (SSSR count). The number of rotatable bonds is 9. The number of nitrogens with two attached hydrogens (primary N) is 1. The van der Waals surface area contributed by atoms with Crippen LogP contribution in [-0.4, -0.2) is 67.1 Å². The molecule has 0 unspecified atom stereocenters. The van der Waals surface area contributed by atoms with Crippen LogP contribution in [0, 0.1) is 5.41 Å². The Morgan fingerprint density at radius 3 is 2.45 bits per heavy atom. The van der Waals surface area contributed by atoms with E-state index in [1.165, 1.54) is 6.33 Å². The van der Waals surface area contributed by atoms with Gasteiger partial charge in [-0.15, -0.1) is 0 Å². The van der Waals surface area contributed by atoms with Crippen LogP contribution in [0.3, 0.4) is 0 Å². The van der Waals surface area contributed by atoms with Gasteiger partial charge in [-0.2, -0.15) is 0 Å². The van der Waals surface area contributed by atoms with Crippen molar-refractivity contribution < 1.29 is 9.47 Å². The Morgan fingerprint density at radius 2 is 1.76 bits per heavy atom. The van der Waals surface area contributed by atoms with Crippen LogP contribution >= 0.6 is 0 Å². The molecule has 0 bridgehead atoms. The van der Waals surface area contributed by atoms with E-state index in [9.17, 15) is 0 Å². The van der Waals surface area contributed by atoms with Crippen molar-refractivity contribution in [1.29, 1.82) is 5.41 Å². The Kier molecular flexibility index (Phi) is 7.33. The van der Waals surface area contributed by atoms with Crippen LogP contribution in [0.25, 0.3) is 0 Å². The third-order valence-electron chi connectivity index (χ3n) is 5.49. The minimum absolute atomic E-state index is 0.238. The normalized spacial score (nSPS) is 14.0. The van der Waals surface area contributed by atoms with Crippen molar-refractivity contribution in [2.75, 3.05) is 62.9 Å².